The van der Waals surface area contributed by atoms with Crippen molar-refractivity contribution in [1.82, 2.24) is 9.97 Å². The van der Waals surface area contributed by atoms with Crippen molar-refractivity contribution in [2.24, 2.45) is 0 Å². The number of aromatic amines is 1. The lowest BCUT2D eigenvalue weighted by Gasteiger charge is -2.13. The van der Waals surface area contributed by atoms with Crippen molar-refractivity contribution in [1.29, 1.82) is 0 Å². The normalized spacial score (nSPS) is 12.0. The van der Waals surface area contributed by atoms with E-state index in [-0.39, 0.29) is 11.2 Å². The summed E-state index contributed by atoms with van der Waals surface area (Å²) in [7, 11) is 0. The van der Waals surface area contributed by atoms with E-state index < -0.39 is 0 Å². The van der Waals surface area contributed by atoms with Gasteiger partial charge in [-0.2, -0.15) is 0 Å². The molecule has 2 rings (SSSR count). The lowest BCUT2D eigenvalue weighted by atomic mass is 9.96. The number of aryl methyl sites for hydroxylation is 1. The standard InChI is InChI=1S/C15H20N2O/c1-10(18)5-6-11-7-8-12-13(9-11)17-14(16-12)15(2,3)4/h7-9H,5-6H2,1-4H3,(H,16,17). The molecule has 96 valence electrons. The molecule has 0 atom stereocenters. The zero-order valence-corrected chi connectivity index (χ0v) is 11.5. The number of rotatable bonds is 3. The molecule has 1 heterocycles. The van der Waals surface area contributed by atoms with Gasteiger partial charge in [0.05, 0.1) is 11.0 Å². The Balaban J connectivity index is 2.31. The summed E-state index contributed by atoms with van der Waals surface area (Å²) in [4.78, 5) is 19.0. The van der Waals surface area contributed by atoms with Gasteiger partial charge < -0.3 is 9.78 Å². The Morgan fingerprint density at radius 2 is 2.06 bits per heavy atom. The van der Waals surface area contributed by atoms with Crippen LogP contribution in [0.3, 0.4) is 0 Å². The molecule has 3 nitrogen and oxygen atoms in total. The van der Waals surface area contributed by atoms with Gasteiger partial charge >= 0.3 is 0 Å². The maximum Gasteiger partial charge on any atom is 0.130 e. The molecule has 0 amide bonds. The number of nitrogens with one attached hydrogen (secondary N) is 1. The van der Waals surface area contributed by atoms with Crippen LogP contribution in [0.1, 0.15) is 45.5 Å². The number of nitrogens with zero attached hydrogens (tertiary/aromatic N) is 1. The minimum atomic E-state index is 0.0264. The Labute approximate surface area is 108 Å². The van der Waals surface area contributed by atoms with Gasteiger partial charge in [0, 0.05) is 11.8 Å². The minimum absolute atomic E-state index is 0.0264. The summed E-state index contributed by atoms with van der Waals surface area (Å²) >= 11 is 0. The summed E-state index contributed by atoms with van der Waals surface area (Å²) in [5.74, 6) is 1.23. The molecule has 3 heteroatoms. The van der Waals surface area contributed by atoms with E-state index in [1.165, 1.54) is 5.56 Å². The molecule has 0 aliphatic rings. The monoisotopic (exact) mass is 244 g/mol. The number of imidazole rings is 1. The van der Waals surface area contributed by atoms with Crippen LogP contribution >= 0.6 is 0 Å². The molecule has 0 radical (unpaired) electrons. The summed E-state index contributed by atoms with van der Waals surface area (Å²) in [6, 6.07) is 6.18. The Bertz CT molecular complexity index is 576. The van der Waals surface area contributed by atoms with Crippen LogP contribution < -0.4 is 0 Å². The summed E-state index contributed by atoms with van der Waals surface area (Å²) in [5, 5.41) is 0. The fourth-order valence-corrected chi connectivity index (χ4v) is 1.89. The number of ketones is 1. The molecule has 1 aromatic carbocycles. The van der Waals surface area contributed by atoms with E-state index in [9.17, 15) is 4.79 Å². The number of hydrogen-bond donors (Lipinski definition) is 1. The third-order valence-corrected chi connectivity index (χ3v) is 3.02. The predicted molar refractivity (Wildman–Crippen MR) is 73.8 cm³/mol. The predicted octanol–water partition coefficient (Wildman–Crippen LogP) is 3.38. The molecule has 0 aliphatic heterocycles. The number of Topliss-reactive ketones (excluding diaryl/α,β-unsaturated/α-hetero) is 1. The van der Waals surface area contributed by atoms with Crippen molar-refractivity contribution in [3.05, 3.63) is 29.6 Å². The van der Waals surface area contributed by atoms with E-state index in [1.807, 2.05) is 6.07 Å². The van der Waals surface area contributed by atoms with E-state index in [1.54, 1.807) is 6.92 Å². The number of hydrogen-bond acceptors (Lipinski definition) is 2. The fourth-order valence-electron chi connectivity index (χ4n) is 1.89. The topological polar surface area (TPSA) is 45.8 Å². The number of benzene rings is 1. The average Bonchev–Trinajstić information content (AvgIpc) is 2.68. The van der Waals surface area contributed by atoms with Crippen LogP contribution in [0.4, 0.5) is 0 Å². The summed E-state index contributed by atoms with van der Waals surface area (Å²) in [6.45, 7) is 8.05. The Morgan fingerprint density at radius 1 is 1.33 bits per heavy atom. The van der Waals surface area contributed by atoms with E-state index in [2.05, 4.69) is 42.9 Å². The zero-order valence-electron chi connectivity index (χ0n) is 11.5. The maximum absolute atomic E-state index is 11.0. The van der Waals surface area contributed by atoms with Crippen LogP contribution in [0.5, 0.6) is 0 Å². The molecule has 18 heavy (non-hydrogen) atoms. The number of carbonyl (C=O) groups is 1. The second-order valence-corrected chi connectivity index (χ2v) is 5.89. The molecule has 2 aromatic rings. The molecule has 0 aliphatic carbocycles. The van der Waals surface area contributed by atoms with Gasteiger partial charge in [0.25, 0.3) is 0 Å². The van der Waals surface area contributed by atoms with Crippen LogP contribution in [0.2, 0.25) is 0 Å². The number of aromatic nitrogens is 2. The summed E-state index contributed by atoms with van der Waals surface area (Å²) < 4.78 is 0. The van der Waals surface area contributed by atoms with Gasteiger partial charge in [0.15, 0.2) is 0 Å². The van der Waals surface area contributed by atoms with Crippen LogP contribution in [0.15, 0.2) is 18.2 Å². The van der Waals surface area contributed by atoms with Gasteiger partial charge in [-0.15, -0.1) is 0 Å². The third-order valence-electron chi connectivity index (χ3n) is 3.02. The fraction of sp³-hybridized carbons (Fsp3) is 0.467. The second kappa shape index (κ2) is 4.56. The zero-order chi connectivity index (χ0) is 13.3. The molecule has 0 bridgehead atoms. The van der Waals surface area contributed by atoms with Crippen LogP contribution in [0, 0.1) is 0 Å². The van der Waals surface area contributed by atoms with Crippen molar-refractivity contribution < 1.29 is 4.79 Å². The third kappa shape index (κ3) is 2.78. The number of H-pyrrole nitrogens is 1. The second-order valence-electron chi connectivity index (χ2n) is 5.89. The van der Waals surface area contributed by atoms with Gasteiger partial charge in [-0.25, -0.2) is 4.98 Å². The molecule has 0 saturated carbocycles. The van der Waals surface area contributed by atoms with Gasteiger partial charge in [-0.3, -0.25) is 0 Å². The lowest BCUT2D eigenvalue weighted by molar-refractivity contribution is -0.116. The quantitative estimate of drug-likeness (QED) is 0.899. The van der Waals surface area contributed by atoms with E-state index in [0.29, 0.717) is 6.42 Å². The number of fused-ring (bicyclic) bond motifs is 1. The smallest absolute Gasteiger partial charge is 0.130 e. The van der Waals surface area contributed by atoms with Crippen LogP contribution in [-0.2, 0) is 16.6 Å². The SMILES string of the molecule is CC(=O)CCc1ccc2nc(C(C)(C)C)[nH]c2c1. The van der Waals surface area contributed by atoms with Crippen molar-refractivity contribution in [2.75, 3.05) is 0 Å². The molecule has 0 unspecified atom stereocenters. The first-order valence-electron chi connectivity index (χ1n) is 6.35. The molecule has 0 spiro atoms. The molecule has 0 fully saturated rings. The maximum atomic E-state index is 11.0. The van der Waals surface area contributed by atoms with Gasteiger partial charge in [-0.1, -0.05) is 26.8 Å². The molecular weight excluding hydrogens is 224 g/mol. The average molecular weight is 244 g/mol. The number of carbonyl (C=O) groups excluding carboxylic acids is 1. The van der Waals surface area contributed by atoms with E-state index in [0.717, 1.165) is 23.3 Å². The molecule has 0 saturated heterocycles. The van der Waals surface area contributed by atoms with Crippen molar-refractivity contribution >= 4 is 16.8 Å². The van der Waals surface area contributed by atoms with Crippen molar-refractivity contribution in [3.8, 4) is 0 Å². The molecule has 1 N–H and O–H groups in total. The highest BCUT2D eigenvalue weighted by atomic mass is 16.1. The highest BCUT2D eigenvalue weighted by molar-refractivity contribution is 5.77. The summed E-state index contributed by atoms with van der Waals surface area (Å²) in [5.41, 5.74) is 3.26. The van der Waals surface area contributed by atoms with E-state index in [4.69, 9.17) is 0 Å². The van der Waals surface area contributed by atoms with Gasteiger partial charge in [-0.05, 0) is 31.0 Å². The molecular formula is C15H20N2O. The highest BCUT2D eigenvalue weighted by Crippen LogP contribution is 2.23. The first-order valence-corrected chi connectivity index (χ1v) is 6.35. The highest BCUT2D eigenvalue weighted by Gasteiger charge is 2.18. The molecule has 1 aromatic heterocycles. The largest absolute Gasteiger partial charge is 0.342 e. The first-order chi connectivity index (χ1) is 8.36. The van der Waals surface area contributed by atoms with Crippen LogP contribution in [0.25, 0.3) is 11.0 Å². The van der Waals surface area contributed by atoms with Gasteiger partial charge in [0.1, 0.15) is 11.6 Å². The van der Waals surface area contributed by atoms with E-state index >= 15 is 0 Å². The van der Waals surface area contributed by atoms with Crippen LogP contribution in [-0.4, -0.2) is 15.8 Å². The summed E-state index contributed by atoms with van der Waals surface area (Å²) in [6.07, 6.45) is 1.40. The Kier molecular flexibility index (Phi) is 3.24. The minimum Gasteiger partial charge on any atom is -0.342 e. The lowest BCUT2D eigenvalue weighted by Crippen LogP contribution is -2.12. The Hall–Kier alpha value is -1.64. The van der Waals surface area contributed by atoms with Crippen molar-refractivity contribution in [3.63, 3.8) is 0 Å². The Morgan fingerprint density at radius 3 is 2.67 bits per heavy atom. The first kappa shape index (κ1) is 12.8. The van der Waals surface area contributed by atoms with Crippen molar-refractivity contribution in [2.45, 2.75) is 46.0 Å². The van der Waals surface area contributed by atoms with Gasteiger partial charge in [0.2, 0.25) is 0 Å².